The Labute approximate surface area is 129 Å². The van der Waals surface area contributed by atoms with Gasteiger partial charge >= 0.3 is 0 Å². The van der Waals surface area contributed by atoms with Crippen LogP contribution in [0.15, 0.2) is 40.8 Å². The Kier molecular flexibility index (Phi) is 4.98. The van der Waals surface area contributed by atoms with Crippen molar-refractivity contribution in [1.82, 2.24) is 5.32 Å². The molecule has 1 amide bonds. The highest BCUT2D eigenvalue weighted by atomic mass is 19.1. The van der Waals surface area contributed by atoms with E-state index in [1.807, 2.05) is 13.8 Å². The minimum atomic E-state index is -0.401. The third kappa shape index (κ3) is 3.74. The van der Waals surface area contributed by atoms with Gasteiger partial charge in [-0.15, -0.1) is 0 Å². The lowest BCUT2D eigenvalue weighted by atomic mass is 9.94. The molecule has 0 unspecified atom stereocenters. The zero-order chi connectivity index (χ0) is 16.2. The summed E-state index contributed by atoms with van der Waals surface area (Å²) in [6, 6.07) is 9.21. The van der Waals surface area contributed by atoms with Crippen LogP contribution in [0.4, 0.5) is 4.39 Å². The summed E-state index contributed by atoms with van der Waals surface area (Å²) in [7, 11) is 0. The molecule has 22 heavy (non-hydrogen) atoms. The Balaban J connectivity index is 2.05. The van der Waals surface area contributed by atoms with Gasteiger partial charge in [-0.25, -0.2) is 4.39 Å². The van der Waals surface area contributed by atoms with E-state index in [-0.39, 0.29) is 17.5 Å². The van der Waals surface area contributed by atoms with E-state index in [2.05, 4.69) is 5.32 Å². The van der Waals surface area contributed by atoms with Crippen molar-refractivity contribution in [1.29, 1.82) is 0 Å². The number of carbonyl (C=O) groups excluding carboxylic acids is 1. The Hall–Kier alpha value is -2.14. The molecule has 0 atom stereocenters. The van der Waals surface area contributed by atoms with Crippen LogP contribution in [0.1, 0.15) is 37.2 Å². The minimum absolute atomic E-state index is 0.217. The second-order valence-corrected chi connectivity index (χ2v) is 5.42. The largest absolute Gasteiger partial charge is 0.451 e. The molecule has 1 aromatic heterocycles. The fraction of sp³-hybridized carbons (Fsp3) is 0.353. The van der Waals surface area contributed by atoms with Crippen LogP contribution in [0, 0.1) is 5.82 Å². The molecular formula is C17H21FN2O2. The van der Waals surface area contributed by atoms with E-state index in [4.69, 9.17) is 10.2 Å². The molecule has 0 bridgehead atoms. The average molecular weight is 304 g/mol. The molecule has 0 fully saturated rings. The third-order valence-electron chi connectivity index (χ3n) is 3.97. The van der Waals surface area contributed by atoms with E-state index in [1.165, 1.54) is 12.1 Å². The molecule has 2 rings (SSSR count). The number of hydrogen-bond acceptors (Lipinski definition) is 3. The van der Waals surface area contributed by atoms with Crippen LogP contribution in [-0.4, -0.2) is 18.0 Å². The van der Waals surface area contributed by atoms with Gasteiger partial charge in [0.25, 0.3) is 5.91 Å². The van der Waals surface area contributed by atoms with Crippen molar-refractivity contribution in [2.75, 3.05) is 6.54 Å². The number of furan rings is 1. The molecule has 1 aromatic carbocycles. The van der Waals surface area contributed by atoms with Crippen LogP contribution in [0.5, 0.6) is 0 Å². The van der Waals surface area contributed by atoms with Crippen LogP contribution in [0.25, 0.3) is 11.3 Å². The molecule has 5 heteroatoms. The molecule has 0 saturated carbocycles. The van der Waals surface area contributed by atoms with Crippen molar-refractivity contribution >= 4 is 5.91 Å². The lowest BCUT2D eigenvalue weighted by Gasteiger charge is -2.26. The summed E-state index contributed by atoms with van der Waals surface area (Å²) in [5, 5.41) is 2.80. The summed E-state index contributed by atoms with van der Waals surface area (Å²) in [6.45, 7) is 4.38. The summed E-state index contributed by atoms with van der Waals surface area (Å²) in [5.74, 6) is 0.126. The monoisotopic (exact) mass is 304 g/mol. The second-order valence-electron chi connectivity index (χ2n) is 5.42. The maximum absolute atomic E-state index is 12.9. The molecule has 4 nitrogen and oxygen atoms in total. The van der Waals surface area contributed by atoms with Gasteiger partial charge in [-0.1, -0.05) is 13.8 Å². The van der Waals surface area contributed by atoms with Crippen molar-refractivity contribution in [3.05, 3.63) is 48.0 Å². The van der Waals surface area contributed by atoms with Gasteiger partial charge < -0.3 is 15.5 Å². The van der Waals surface area contributed by atoms with E-state index in [1.54, 1.807) is 24.3 Å². The van der Waals surface area contributed by atoms with Crippen LogP contribution < -0.4 is 11.1 Å². The van der Waals surface area contributed by atoms with Gasteiger partial charge in [-0.2, -0.15) is 0 Å². The Morgan fingerprint density at radius 3 is 2.41 bits per heavy atom. The molecule has 2 aromatic rings. The van der Waals surface area contributed by atoms with Crippen LogP contribution in [0.3, 0.4) is 0 Å². The number of halogens is 1. The van der Waals surface area contributed by atoms with Crippen LogP contribution in [0.2, 0.25) is 0 Å². The van der Waals surface area contributed by atoms with Gasteiger partial charge in [0.05, 0.1) is 0 Å². The third-order valence-corrected chi connectivity index (χ3v) is 3.97. The Morgan fingerprint density at radius 2 is 1.82 bits per heavy atom. The van der Waals surface area contributed by atoms with Crippen molar-refractivity contribution in [3.63, 3.8) is 0 Å². The Morgan fingerprint density at radius 1 is 1.18 bits per heavy atom. The zero-order valence-corrected chi connectivity index (χ0v) is 12.9. The lowest BCUT2D eigenvalue weighted by molar-refractivity contribution is 0.0915. The van der Waals surface area contributed by atoms with Gasteiger partial charge in [0.1, 0.15) is 11.6 Å². The molecule has 0 aliphatic rings. The number of benzene rings is 1. The SMILES string of the molecule is CCC(N)(CC)CNC(=O)c1ccc(-c2ccc(F)cc2)o1. The maximum Gasteiger partial charge on any atom is 0.287 e. The molecule has 118 valence electrons. The van der Waals surface area contributed by atoms with Crippen molar-refractivity contribution in [2.45, 2.75) is 32.2 Å². The highest BCUT2D eigenvalue weighted by molar-refractivity contribution is 5.92. The first-order chi connectivity index (χ1) is 10.5. The fourth-order valence-electron chi connectivity index (χ4n) is 2.07. The molecule has 0 aliphatic carbocycles. The molecular weight excluding hydrogens is 283 g/mol. The zero-order valence-electron chi connectivity index (χ0n) is 12.9. The highest BCUT2D eigenvalue weighted by Crippen LogP contribution is 2.22. The number of hydrogen-bond donors (Lipinski definition) is 2. The van der Waals surface area contributed by atoms with E-state index in [0.717, 1.165) is 18.4 Å². The van der Waals surface area contributed by atoms with Crippen LogP contribution in [-0.2, 0) is 0 Å². The average Bonchev–Trinajstić information content (AvgIpc) is 3.03. The van der Waals surface area contributed by atoms with Gasteiger partial charge in [-0.3, -0.25) is 4.79 Å². The predicted molar refractivity (Wildman–Crippen MR) is 83.9 cm³/mol. The van der Waals surface area contributed by atoms with E-state index in [9.17, 15) is 9.18 Å². The van der Waals surface area contributed by atoms with Gasteiger partial charge in [0, 0.05) is 17.6 Å². The lowest BCUT2D eigenvalue weighted by Crippen LogP contribution is -2.49. The number of amides is 1. The Bertz CT molecular complexity index is 630. The quantitative estimate of drug-likeness (QED) is 0.860. The predicted octanol–water partition coefficient (Wildman–Crippen LogP) is 3.33. The minimum Gasteiger partial charge on any atom is -0.451 e. The number of nitrogens with two attached hydrogens (primary N) is 1. The first kappa shape index (κ1) is 16.2. The first-order valence-corrected chi connectivity index (χ1v) is 7.40. The molecule has 0 aliphatic heterocycles. The van der Waals surface area contributed by atoms with Crippen molar-refractivity contribution in [2.24, 2.45) is 5.73 Å². The first-order valence-electron chi connectivity index (χ1n) is 7.40. The summed E-state index contributed by atoms with van der Waals surface area (Å²) in [5.41, 5.74) is 6.47. The molecule has 0 spiro atoms. The van der Waals surface area contributed by atoms with Gasteiger partial charge in [0.15, 0.2) is 5.76 Å². The van der Waals surface area contributed by atoms with E-state index < -0.39 is 5.54 Å². The van der Waals surface area contributed by atoms with Crippen molar-refractivity contribution in [3.8, 4) is 11.3 Å². The molecule has 1 heterocycles. The van der Waals surface area contributed by atoms with Gasteiger partial charge in [-0.05, 0) is 49.2 Å². The van der Waals surface area contributed by atoms with Crippen molar-refractivity contribution < 1.29 is 13.6 Å². The van der Waals surface area contributed by atoms with Crippen LogP contribution >= 0.6 is 0 Å². The summed E-state index contributed by atoms with van der Waals surface area (Å²) in [4.78, 5) is 12.1. The van der Waals surface area contributed by atoms with E-state index in [0.29, 0.717) is 12.3 Å². The maximum atomic E-state index is 12.9. The molecule has 3 N–H and O–H groups in total. The molecule has 0 radical (unpaired) electrons. The summed E-state index contributed by atoms with van der Waals surface area (Å²) < 4.78 is 18.4. The normalized spacial score (nSPS) is 11.5. The topological polar surface area (TPSA) is 68.3 Å². The highest BCUT2D eigenvalue weighted by Gasteiger charge is 2.22. The van der Waals surface area contributed by atoms with E-state index >= 15 is 0 Å². The summed E-state index contributed by atoms with van der Waals surface area (Å²) >= 11 is 0. The smallest absolute Gasteiger partial charge is 0.287 e. The number of carbonyl (C=O) groups is 1. The fourth-order valence-corrected chi connectivity index (χ4v) is 2.07. The number of rotatable bonds is 6. The molecule has 0 saturated heterocycles. The summed E-state index contributed by atoms with van der Waals surface area (Å²) in [6.07, 6.45) is 1.56. The standard InChI is InChI=1S/C17H21FN2O2/c1-3-17(19,4-2)11-20-16(21)15-10-9-14(22-15)12-5-7-13(18)8-6-12/h5-10H,3-4,11,19H2,1-2H3,(H,20,21). The number of nitrogens with one attached hydrogen (secondary N) is 1. The second kappa shape index (κ2) is 6.75. The van der Waals surface area contributed by atoms with Gasteiger partial charge in [0.2, 0.25) is 0 Å².